The number of nitrogens with zero attached hydrogens (tertiary/aromatic N) is 1. The molecular formula is C16H17NOS. The van der Waals surface area contributed by atoms with Crippen LogP contribution in [-0.4, -0.2) is 10.8 Å². The van der Waals surface area contributed by atoms with Gasteiger partial charge in [0.05, 0.1) is 6.42 Å². The molecule has 0 unspecified atom stereocenters. The van der Waals surface area contributed by atoms with Crippen molar-refractivity contribution in [2.24, 2.45) is 0 Å². The van der Waals surface area contributed by atoms with Gasteiger partial charge in [0.15, 0.2) is 5.78 Å². The van der Waals surface area contributed by atoms with Crippen LogP contribution >= 0.6 is 11.3 Å². The maximum atomic E-state index is 12.2. The second-order valence-electron chi connectivity index (χ2n) is 5.23. The fraction of sp³-hybridized carbons (Fsp3) is 0.375. The largest absolute Gasteiger partial charge is 0.294 e. The second kappa shape index (κ2) is 5.25. The van der Waals surface area contributed by atoms with Crippen molar-refractivity contribution >= 4 is 17.1 Å². The zero-order valence-electron chi connectivity index (χ0n) is 11.1. The Balaban J connectivity index is 1.69. The van der Waals surface area contributed by atoms with Crippen LogP contribution in [0.1, 0.15) is 51.8 Å². The number of thiazole rings is 1. The lowest BCUT2D eigenvalue weighted by Gasteiger charge is -2.25. The normalized spacial score (nSPS) is 15.2. The minimum atomic E-state index is 0.162. The SMILES string of the molecule is Cc1csc(CC(=O)c2ccc(C3CCC3)cc2)n1. The molecule has 0 atom stereocenters. The molecule has 0 saturated heterocycles. The number of hydrogen-bond acceptors (Lipinski definition) is 3. The lowest BCUT2D eigenvalue weighted by atomic mass is 9.80. The minimum absolute atomic E-state index is 0.162. The van der Waals surface area contributed by atoms with Gasteiger partial charge in [0.2, 0.25) is 0 Å². The van der Waals surface area contributed by atoms with Crippen LogP contribution in [0.25, 0.3) is 0 Å². The van der Waals surface area contributed by atoms with E-state index in [9.17, 15) is 4.79 Å². The highest BCUT2D eigenvalue weighted by molar-refractivity contribution is 7.09. The monoisotopic (exact) mass is 271 g/mol. The summed E-state index contributed by atoms with van der Waals surface area (Å²) in [7, 11) is 0. The van der Waals surface area contributed by atoms with E-state index in [1.54, 1.807) is 11.3 Å². The average molecular weight is 271 g/mol. The number of carbonyl (C=O) groups excluding carboxylic acids is 1. The molecule has 1 aliphatic carbocycles. The first-order chi connectivity index (χ1) is 9.22. The predicted octanol–water partition coefficient (Wildman–Crippen LogP) is 4.14. The number of carbonyl (C=O) groups is 1. The van der Waals surface area contributed by atoms with E-state index in [0.29, 0.717) is 6.42 Å². The van der Waals surface area contributed by atoms with Crippen molar-refractivity contribution in [3.05, 3.63) is 51.5 Å². The Morgan fingerprint density at radius 1 is 1.32 bits per heavy atom. The molecule has 1 aromatic heterocycles. The summed E-state index contributed by atoms with van der Waals surface area (Å²) in [6.45, 7) is 1.96. The van der Waals surface area contributed by atoms with Crippen LogP contribution in [0.3, 0.4) is 0 Å². The van der Waals surface area contributed by atoms with Crippen molar-refractivity contribution in [3.63, 3.8) is 0 Å². The summed E-state index contributed by atoms with van der Waals surface area (Å²) in [4.78, 5) is 16.5. The van der Waals surface area contributed by atoms with Crippen molar-refractivity contribution in [3.8, 4) is 0 Å². The highest BCUT2D eigenvalue weighted by Gasteiger charge is 2.19. The molecule has 98 valence electrons. The Morgan fingerprint density at radius 3 is 2.58 bits per heavy atom. The van der Waals surface area contributed by atoms with E-state index in [1.807, 2.05) is 24.4 Å². The Hall–Kier alpha value is -1.48. The van der Waals surface area contributed by atoms with Crippen molar-refractivity contribution in [2.75, 3.05) is 0 Å². The van der Waals surface area contributed by atoms with Gasteiger partial charge in [-0.15, -0.1) is 11.3 Å². The van der Waals surface area contributed by atoms with Gasteiger partial charge in [0.1, 0.15) is 5.01 Å². The molecule has 0 N–H and O–H groups in total. The molecule has 0 aliphatic heterocycles. The van der Waals surface area contributed by atoms with E-state index >= 15 is 0 Å². The topological polar surface area (TPSA) is 30.0 Å². The van der Waals surface area contributed by atoms with Crippen molar-refractivity contribution in [1.29, 1.82) is 0 Å². The molecule has 0 radical (unpaired) electrons. The maximum absolute atomic E-state index is 12.2. The fourth-order valence-corrected chi connectivity index (χ4v) is 3.18. The maximum Gasteiger partial charge on any atom is 0.169 e. The first kappa shape index (κ1) is 12.5. The number of rotatable bonds is 4. The van der Waals surface area contributed by atoms with E-state index in [1.165, 1.54) is 24.8 Å². The van der Waals surface area contributed by atoms with Crippen LogP contribution in [0.4, 0.5) is 0 Å². The third-order valence-corrected chi connectivity index (χ3v) is 4.75. The zero-order valence-corrected chi connectivity index (χ0v) is 11.9. The van der Waals surface area contributed by atoms with E-state index < -0.39 is 0 Å². The van der Waals surface area contributed by atoms with Gasteiger partial charge in [0.25, 0.3) is 0 Å². The highest BCUT2D eigenvalue weighted by atomic mass is 32.1. The molecule has 3 rings (SSSR count). The van der Waals surface area contributed by atoms with E-state index in [4.69, 9.17) is 0 Å². The quantitative estimate of drug-likeness (QED) is 0.782. The molecule has 0 spiro atoms. The van der Waals surface area contributed by atoms with Gasteiger partial charge in [0, 0.05) is 16.6 Å². The van der Waals surface area contributed by atoms with Crippen LogP contribution in [0.15, 0.2) is 29.6 Å². The van der Waals surface area contributed by atoms with Crippen molar-refractivity contribution in [2.45, 2.75) is 38.5 Å². The van der Waals surface area contributed by atoms with Gasteiger partial charge in [-0.1, -0.05) is 30.7 Å². The predicted molar refractivity (Wildman–Crippen MR) is 77.9 cm³/mol. The number of Topliss-reactive ketones (excluding diaryl/α,β-unsaturated/α-hetero) is 1. The molecular weight excluding hydrogens is 254 g/mol. The summed E-state index contributed by atoms with van der Waals surface area (Å²) in [6, 6.07) is 8.17. The Morgan fingerprint density at radius 2 is 2.05 bits per heavy atom. The third kappa shape index (κ3) is 2.76. The number of ketones is 1. The molecule has 1 aliphatic rings. The molecule has 1 saturated carbocycles. The number of aromatic nitrogens is 1. The molecule has 1 fully saturated rings. The molecule has 3 heteroatoms. The number of aryl methyl sites for hydroxylation is 1. The van der Waals surface area contributed by atoms with Crippen LogP contribution in [-0.2, 0) is 6.42 Å². The van der Waals surface area contributed by atoms with Gasteiger partial charge < -0.3 is 0 Å². The van der Waals surface area contributed by atoms with Gasteiger partial charge in [-0.05, 0) is 31.2 Å². The Bertz CT molecular complexity index is 581. The second-order valence-corrected chi connectivity index (χ2v) is 6.18. The Labute approximate surface area is 117 Å². The first-order valence-corrected chi connectivity index (χ1v) is 7.64. The van der Waals surface area contributed by atoms with Crippen LogP contribution in [0, 0.1) is 6.92 Å². The van der Waals surface area contributed by atoms with Gasteiger partial charge in [-0.3, -0.25) is 4.79 Å². The highest BCUT2D eigenvalue weighted by Crippen LogP contribution is 2.36. The lowest BCUT2D eigenvalue weighted by Crippen LogP contribution is -2.09. The summed E-state index contributed by atoms with van der Waals surface area (Å²) in [5.74, 6) is 0.889. The molecule has 0 amide bonds. The summed E-state index contributed by atoms with van der Waals surface area (Å²) >= 11 is 1.56. The smallest absolute Gasteiger partial charge is 0.169 e. The summed E-state index contributed by atoms with van der Waals surface area (Å²) in [5, 5.41) is 2.90. The van der Waals surface area contributed by atoms with Crippen LogP contribution in [0.5, 0.6) is 0 Å². The van der Waals surface area contributed by atoms with Crippen LogP contribution < -0.4 is 0 Å². The Kier molecular flexibility index (Phi) is 3.47. The van der Waals surface area contributed by atoms with Crippen LogP contribution in [0.2, 0.25) is 0 Å². The van der Waals surface area contributed by atoms with E-state index in [0.717, 1.165) is 22.2 Å². The molecule has 0 bridgehead atoms. The molecule has 1 aromatic carbocycles. The minimum Gasteiger partial charge on any atom is -0.294 e. The first-order valence-electron chi connectivity index (χ1n) is 6.76. The summed E-state index contributed by atoms with van der Waals surface area (Å²) < 4.78 is 0. The summed E-state index contributed by atoms with van der Waals surface area (Å²) in [5.41, 5.74) is 3.18. The molecule has 2 aromatic rings. The lowest BCUT2D eigenvalue weighted by molar-refractivity contribution is 0.0993. The number of hydrogen-bond donors (Lipinski definition) is 0. The standard InChI is InChI=1S/C16H17NOS/c1-11-10-19-16(17-11)9-15(18)14-7-5-13(6-8-14)12-3-2-4-12/h5-8,10,12H,2-4,9H2,1H3. The zero-order chi connectivity index (χ0) is 13.2. The number of benzene rings is 1. The van der Waals surface area contributed by atoms with Gasteiger partial charge in [-0.2, -0.15) is 0 Å². The van der Waals surface area contributed by atoms with E-state index in [2.05, 4.69) is 17.1 Å². The third-order valence-electron chi connectivity index (χ3n) is 3.79. The van der Waals surface area contributed by atoms with Gasteiger partial charge in [-0.25, -0.2) is 4.98 Å². The molecule has 19 heavy (non-hydrogen) atoms. The fourth-order valence-electron chi connectivity index (χ4n) is 2.41. The molecule has 1 heterocycles. The van der Waals surface area contributed by atoms with Crippen molar-refractivity contribution in [1.82, 2.24) is 4.98 Å². The van der Waals surface area contributed by atoms with Crippen molar-refractivity contribution < 1.29 is 4.79 Å². The average Bonchev–Trinajstić information content (AvgIpc) is 2.73. The molecule has 2 nitrogen and oxygen atoms in total. The van der Waals surface area contributed by atoms with E-state index in [-0.39, 0.29) is 5.78 Å². The summed E-state index contributed by atoms with van der Waals surface area (Å²) in [6.07, 6.45) is 4.35. The van der Waals surface area contributed by atoms with Gasteiger partial charge >= 0.3 is 0 Å².